The van der Waals surface area contributed by atoms with Crippen molar-refractivity contribution < 1.29 is 40.2 Å². The molecule has 4 aliphatic rings. The molecule has 7 heteroatoms. The Morgan fingerprint density at radius 1 is 0.457 bits per heavy atom. The molecule has 0 spiro atoms. The van der Waals surface area contributed by atoms with Gasteiger partial charge in [-0.25, -0.2) is 0 Å². The molecule has 0 unspecified atom stereocenters. The van der Waals surface area contributed by atoms with E-state index in [-0.39, 0.29) is 20.4 Å². The summed E-state index contributed by atoms with van der Waals surface area (Å²) >= 11 is 0. The zero-order valence-corrected chi connectivity index (χ0v) is 24.0. The summed E-state index contributed by atoms with van der Waals surface area (Å²) in [6, 6.07) is 3.49. The smallest absolute Gasteiger partial charge is 0.300 e. The Morgan fingerprint density at radius 3 is 0.743 bits per heavy atom. The number of rotatable bonds is 4. The number of carboxylic acid groups (broad SMARTS) is 2. The van der Waals surface area contributed by atoms with Crippen LogP contribution in [0, 0.1) is 0 Å². The molecule has 0 atom stereocenters. The van der Waals surface area contributed by atoms with Crippen LogP contribution in [0.3, 0.4) is 0 Å². The summed E-state index contributed by atoms with van der Waals surface area (Å²) in [5.41, 5.74) is 0. The van der Waals surface area contributed by atoms with Gasteiger partial charge in [0.1, 0.15) is 0 Å². The predicted octanol–water partition coefficient (Wildman–Crippen LogP) is 6.66. The van der Waals surface area contributed by atoms with Crippen LogP contribution in [0.15, 0.2) is 0 Å². The van der Waals surface area contributed by atoms with Gasteiger partial charge in [0, 0.05) is 58.4 Å². The molecule has 0 bridgehead atoms. The molecule has 0 radical (unpaired) electrons. The summed E-state index contributed by atoms with van der Waals surface area (Å²) in [6.45, 7) is 2.17. The Kier molecular flexibility index (Phi) is 22.4. The van der Waals surface area contributed by atoms with Crippen molar-refractivity contribution in [3.8, 4) is 0 Å². The van der Waals surface area contributed by atoms with Gasteiger partial charge in [-0.1, -0.05) is 77.0 Å². The van der Waals surface area contributed by atoms with Gasteiger partial charge >= 0.3 is 0 Å². The van der Waals surface area contributed by atoms with Crippen LogP contribution in [-0.4, -0.2) is 46.3 Å². The third-order valence-electron chi connectivity index (χ3n) is 7.36. The van der Waals surface area contributed by atoms with Gasteiger partial charge in [-0.15, -0.1) is 0 Å². The van der Waals surface area contributed by atoms with Gasteiger partial charge in [-0.05, 0) is 51.4 Å². The molecule has 4 aliphatic carbocycles. The largest absolute Gasteiger partial charge is 0.481 e. The second-order valence-electron chi connectivity index (χ2n) is 10.7. The average Bonchev–Trinajstić information content (AvgIpc) is 2.82. The Balaban J connectivity index is 0.000000499. The van der Waals surface area contributed by atoms with Crippen molar-refractivity contribution >= 4 is 11.9 Å². The molecule has 0 heterocycles. The number of carboxylic acids is 2. The minimum absolute atomic E-state index is 0. The molecule has 0 aliphatic heterocycles. The first-order valence-electron chi connectivity index (χ1n) is 14.3. The maximum atomic E-state index is 9.00. The Hall–Kier alpha value is -0.478. The maximum absolute atomic E-state index is 9.00. The number of aliphatic carboxylic acids is 2. The van der Waals surface area contributed by atoms with Gasteiger partial charge in [-0.3, -0.25) is 9.59 Å². The van der Waals surface area contributed by atoms with Crippen molar-refractivity contribution in [2.45, 2.75) is 166 Å². The van der Waals surface area contributed by atoms with Crippen LogP contribution in [0.1, 0.15) is 142 Å². The van der Waals surface area contributed by atoms with Crippen molar-refractivity contribution in [2.24, 2.45) is 0 Å². The molecule has 0 aromatic carbocycles. The van der Waals surface area contributed by atoms with E-state index in [1.54, 1.807) is 0 Å². The molecule has 6 nitrogen and oxygen atoms in total. The summed E-state index contributed by atoms with van der Waals surface area (Å²) in [6.07, 6.45) is 29.1. The van der Waals surface area contributed by atoms with Gasteiger partial charge in [0.2, 0.25) is 0 Å². The van der Waals surface area contributed by atoms with E-state index < -0.39 is 11.9 Å². The van der Waals surface area contributed by atoms with E-state index in [1.807, 2.05) is 0 Å². The Bertz CT molecular complexity index is 425. The fourth-order valence-corrected chi connectivity index (χ4v) is 5.74. The predicted molar refractivity (Wildman–Crippen MR) is 140 cm³/mol. The van der Waals surface area contributed by atoms with E-state index in [4.69, 9.17) is 19.8 Å². The van der Waals surface area contributed by atoms with Gasteiger partial charge in [0.15, 0.2) is 0 Å². The van der Waals surface area contributed by atoms with Crippen LogP contribution in [0.2, 0.25) is 0 Å². The molecule has 4 N–H and O–H groups in total. The van der Waals surface area contributed by atoms with Gasteiger partial charge in [-0.2, -0.15) is 0 Å². The minimum atomic E-state index is -0.833. The second-order valence-corrected chi connectivity index (χ2v) is 10.7. The first kappa shape index (κ1) is 34.5. The van der Waals surface area contributed by atoms with Crippen molar-refractivity contribution in [3.63, 3.8) is 0 Å². The molecule has 35 heavy (non-hydrogen) atoms. The fraction of sp³-hybridized carbons (Fsp3) is 0.929. The molecule has 0 aromatic heterocycles. The Morgan fingerprint density at radius 2 is 0.600 bits per heavy atom. The van der Waals surface area contributed by atoms with E-state index in [0.717, 1.165) is 38.0 Å². The van der Waals surface area contributed by atoms with Crippen molar-refractivity contribution in [1.82, 2.24) is 10.6 Å². The van der Waals surface area contributed by atoms with Crippen molar-refractivity contribution in [2.75, 3.05) is 0 Å². The maximum Gasteiger partial charge on any atom is 0.300 e. The van der Waals surface area contributed by atoms with Crippen LogP contribution >= 0.6 is 0 Å². The average molecular weight is 589 g/mol. The molecule has 0 aromatic rings. The summed E-state index contributed by atoms with van der Waals surface area (Å²) < 4.78 is 0. The molecule has 4 saturated carbocycles. The van der Waals surface area contributed by atoms with E-state index in [2.05, 4.69) is 10.6 Å². The SMILES string of the molecule is C1CCC(NC2CCCCC2)CC1.C1CCC(NC2CCCCC2)CC1.CC(=O)O.CC(=O)O.[Pd]. The van der Waals surface area contributed by atoms with Crippen molar-refractivity contribution in [3.05, 3.63) is 0 Å². The number of hydrogen-bond acceptors (Lipinski definition) is 4. The van der Waals surface area contributed by atoms with Crippen LogP contribution in [0.25, 0.3) is 0 Å². The van der Waals surface area contributed by atoms with Crippen LogP contribution in [-0.2, 0) is 30.0 Å². The monoisotopic (exact) mass is 588 g/mol. The second kappa shape index (κ2) is 22.7. The van der Waals surface area contributed by atoms with Gasteiger partial charge < -0.3 is 20.8 Å². The summed E-state index contributed by atoms with van der Waals surface area (Å²) in [4.78, 5) is 18.0. The van der Waals surface area contributed by atoms with Gasteiger partial charge in [0.25, 0.3) is 11.9 Å². The van der Waals surface area contributed by atoms with Crippen LogP contribution < -0.4 is 10.6 Å². The van der Waals surface area contributed by atoms with E-state index >= 15 is 0 Å². The van der Waals surface area contributed by atoms with E-state index in [1.165, 1.54) is 128 Å². The molecule has 0 amide bonds. The molecular formula is C28H54N2O4Pd. The summed E-state index contributed by atoms with van der Waals surface area (Å²) in [5.74, 6) is -1.67. The van der Waals surface area contributed by atoms with E-state index in [9.17, 15) is 0 Å². The minimum Gasteiger partial charge on any atom is -0.481 e. The zero-order chi connectivity index (χ0) is 25.0. The van der Waals surface area contributed by atoms with Crippen LogP contribution in [0.5, 0.6) is 0 Å². The molecule has 4 rings (SSSR count). The molecule has 210 valence electrons. The van der Waals surface area contributed by atoms with Crippen molar-refractivity contribution in [1.29, 1.82) is 0 Å². The van der Waals surface area contributed by atoms with Gasteiger partial charge in [0.05, 0.1) is 0 Å². The normalized spacial score (nSPS) is 22.0. The van der Waals surface area contributed by atoms with E-state index in [0.29, 0.717) is 0 Å². The standard InChI is InChI=1S/2C12H23N.2C2H4O2.Pd/c2*1-3-7-11(8-4-1)13-12-9-5-2-6-10-12;2*1-2(3)4;/h2*11-13H,1-10H2;2*1H3,(H,3,4);. The van der Waals surface area contributed by atoms with Crippen LogP contribution in [0.4, 0.5) is 0 Å². The fourth-order valence-electron chi connectivity index (χ4n) is 5.74. The third-order valence-corrected chi connectivity index (χ3v) is 7.36. The molecule has 4 fully saturated rings. The number of nitrogens with one attached hydrogen (secondary N) is 2. The third kappa shape index (κ3) is 21.3. The quantitative estimate of drug-likeness (QED) is 0.274. The molecular weight excluding hydrogens is 535 g/mol. The zero-order valence-electron chi connectivity index (χ0n) is 22.5. The number of carbonyl (C=O) groups is 2. The first-order chi connectivity index (χ1) is 16.4. The Labute approximate surface area is 228 Å². The summed E-state index contributed by atoms with van der Waals surface area (Å²) in [5, 5.41) is 22.5. The topological polar surface area (TPSA) is 98.7 Å². The summed E-state index contributed by atoms with van der Waals surface area (Å²) in [7, 11) is 0. The molecule has 0 saturated heterocycles. The first-order valence-corrected chi connectivity index (χ1v) is 14.3. The number of hydrogen-bond donors (Lipinski definition) is 4.